The van der Waals surface area contributed by atoms with Gasteiger partial charge in [-0.1, -0.05) is 13.5 Å². The summed E-state index contributed by atoms with van der Waals surface area (Å²) in [5, 5.41) is 2.84. The van der Waals surface area contributed by atoms with Gasteiger partial charge in [0, 0.05) is 5.57 Å². The highest BCUT2D eigenvalue weighted by atomic mass is 16.1. The molecule has 0 saturated heterocycles. The fourth-order valence-corrected chi connectivity index (χ4v) is 1.12. The Kier molecular flexibility index (Phi) is 7.31. The van der Waals surface area contributed by atoms with Crippen molar-refractivity contribution in [2.45, 2.75) is 20.3 Å². The van der Waals surface area contributed by atoms with Crippen molar-refractivity contribution >= 4 is 5.91 Å². The maximum absolute atomic E-state index is 11.2. The Labute approximate surface area is 86.5 Å². The number of hydrogen-bond acceptors (Lipinski definition) is 2. The second kappa shape index (κ2) is 6.56. The summed E-state index contributed by atoms with van der Waals surface area (Å²) in [6, 6.07) is 0. The molecule has 0 fully saturated rings. The number of hydrogen-bond donors (Lipinski definition) is 1. The summed E-state index contributed by atoms with van der Waals surface area (Å²) >= 11 is 0. The van der Waals surface area contributed by atoms with Crippen molar-refractivity contribution in [2.24, 2.45) is 0 Å². The highest BCUT2D eigenvalue weighted by molar-refractivity contribution is 5.91. The summed E-state index contributed by atoms with van der Waals surface area (Å²) in [5.41, 5.74) is 0.566. The lowest BCUT2D eigenvalue weighted by molar-refractivity contribution is -0.892. The molecule has 0 radical (unpaired) electrons. The van der Waals surface area contributed by atoms with Crippen LogP contribution in [0, 0.1) is 0 Å². The Hall–Kier alpha value is -0.870. The Morgan fingerprint density at radius 3 is 2.29 bits per heavy atom. The second-order valence-corrected chi connectivity index (χ2v) is 4.10. The van der Waals surface area contributed by atoms with Gasteiger partial charge in [-0.2, -0.15) is 0 Å². The highest BCUT2D eigenvalue weighted by Crippen LogP contribution is 1.97. The molecule has 1 amide bonds. The van der Waals surface area contributed by atoms with Crippen molar-refractivity contribution in [2.75, 3.05) is 27.3 Å². The average molecular weight is 202 g/mol. The molecule has 0 aromatic heterocycles. The average Bonchev–Trinajstić information content (AvgIpc) is 2.00. The zero-order chi connectivity index (χ0) is 10.5. The van der Waals surface area contributed by atoms with E-state index in [1.807, 2.05) is 0 Å². The molecular formula is C10H22N2O2. The van der Waals surface area contributed by atoms with E-state index in [0.29, 0.717) is 12.2 Å². The van der Waals surface area contributed by atoms with Gasteiger partial charge in [0.25, 0.3) is 5.91 Å². The van der Waals surface area contributed by atoms with E-state index in [4.69, 9.17) is 0 Å². The number of nitrogens with zero attached hydrogens (tertiary/aromatic N) is 1. The topological polar surface area (TPSA) is 59.1 Å². The van der Waals surface area contributed by atoms with Gasteiger partial charge < -0.3 is 15.3 Å². The molecular weight excluding hydrogens is 180 g/mol. The molecule has 0 rings (SSSR count). The van der Waals surface area contributed by atoms with Crippen molar-refractivity contribution in [3.05, 3.63) is 12.2 Å². The van der Waals surface area contributed by atoms with E-state index in [1.54, 1.807) is 6.92 Å². The van der Waals surface area contributed by atoms with Gasteiger partial charge >= 0.3 is 0 Å². The van der Waals surface area contributed by atoms with Crippen LogP contribution in [0.3, 0.4) is 0 Å². The smallest absolute Gasteiger partial charge is 0.250 e. The van der Waals surface area contributed by atoms with Crippen molar-refractivity contribution < 1.29 is 14.8 Å². The van der Waals surface area contributed by atoms with E-state index >= 15 is 0 Å². The minimum Gasteiger partial charge on any atom is -0.870 e. The minimum absolute atomic E-state index is 0. The van der Waals surface area contributed by atoms with E-state index in [1.165, 1.54) is 0 Å². The van der Waals surface area contributed by atoms with Gasteiger partial charge in [0.05, 0.1) is 20.6 Å². The number of rotatable bonds is 5. The van der Waals surface area contributed by atoms with Crippen molar-refractivity contribution in [3.8, 4) is 0 Å². The Balaban J connectivity index is 0. The SMILES string of the molecule is C=C(C)C(=O)NC[N+](C)(C)CCC.[OH-]. The maximum Gasteiger partial charge on any atom is 0.250 e. The first-order valence-corrected chi connectivity index (χ1v) is 4.65. The predicted molar refractivity (Wildman–Crippen MR) is 57.0 cm³/mol. The molecule has 0 unspecified atom stereocenters. The van der Waals surface area contributed by atoms with Crippen LogP contribution in [0.4, 0.5) is 0 Å². The number of nitrogens with one attached hydrogen (secondary N) is 1. The zero-order valence-electron chi connectivity index (χ0n) is 9.63. The first kappa shape index (κ1) is 15.6. The first-order valence-electron chi connectivity index (χ1n) is 4.65. The van der Waals surface area contributed by atoms with Crippen LogP contribution < -0.4 is 5.32 Å². The molecule has 2 N–H and O–H groups in total. The van der Waals surface area contributed by atoms with E-state index in [9.17, 15) is 4.79 Å². The van der Waals surface area contributed by atoms with Crippen LogP contribution in [0.1, 0.15) is 20.3 Å². The molecule has 0 aromatic rings. The third-order valence-electron chi connectivity index (χ3n) is 1.88. The summed E-state index contributed by atoms with van der Waals surface area (Å²) in [4.78, 5) is 11.2. The molecule has 0 aromatic carbocycles. The normalized spacial score (nSPS) is 10.3. The van der Waals surface area contributed by atoms with Crippen LogP contribution in [0.5, 0.6) is 0 Å². The predicted octanol–water partition coefficient (Wildman–Crippen LogP) is 0.946. The summed E-state index contributed by atoms with van der Waals surface area (Å²) in [6.45, 7) is 9.17. The number of carbonyl (C=O) groups is 1. The Morgan fingerprint density at radius 1 is 1.43 bits per heavy atom. The number of amides is 1. The quantitative estimate of drug-likeness (QED) is 0.410. The van der Waals surface area contributed by atoms with Crippen LogP contribution >= 0.6 is 0 Å². The van der Waals surface area contributed by atoms with Crippen molar-refractivity contribution in [1.29, 1.82) is 0 Å². The molecule has 0 bridgehead atoms. The molecule has 0 atom stereocenters. The molecule has 0 saturated carbocycles. The minimum atomic E-state index is -0.0534. The first-order chi connectivity index (χ1) is 5.89. The number of quaternary nitrogens is 1. The fraction of sp³-hybridized carbons (Fsp3) is 0.700. The van der Waals surface area contributed by atoms with Crippen LogP contribution in [0.15, 0.2) is 12.2 Å². The molecule has 4 heteroatoms. The monoisotopic (exact) mass is 202 g/mol. The summed E-state index contributed by atoms with van der Waals surface area (Å²) in [5.74, 6) is -0.0534. The standard InChI is InChI=1S/C10H20N2O.H2O/c1-6-7-12(4,5)8-11-10(13)9(2)3;/h2,6-8H2,1,3-5H3;1H2. The lowest BCUT2D eigenvalue weighted by atomic mass is 10.3. The molecule has 4 nitrogen and oxygen atoms in total. The van der Waals surface area contributed by atoms with E-state index in [-0.39, 0.29) is 11.4 Å². The second-order valence-electron chi connectivity index (χ2n) is 4.10. The van der Waals surface area contributed by atoms with E-state index in [2.05, 4.69) is 32.9 Å². The third-order valence-corrected chi connectivity index (χ3v) is 1.88. The zero-order valence-corrected chi connectivity index (χ0v) is 9.63. The van der Waals surface area contributed by atoms with Gasteiger partial charge in [0.2, 0.25) is 0 Å². The molecule has 0 heterocycles. The molecule has 0 spiro atoms. The van der Waals surface area contributed by atoms with Crippen molar-refractivity contribution in [3.63, 3.8) is 0 Å². The maximum atomic E-state index is 11.2. The number of carbonyl (C=O) groups excluding carboxylic acids is 1. The molecule has 14 heavy (non-hydrogen) atoms. The van der Waals surface area contributed by atoms with E-state index in [0.717, 1.165) is 17.4 Å². The van der Waals surface area contributed by atoms with Gasteiger partial charge in [-0.15, -0.1) is 0 Å². The summed E-state index contributed by atoms with van der Waals surface area (Å²) in [6.07, 6.45) is 1.12. The highest BCUT2D eigenvalue weighted by Gasteiger charge is 2.14. The van der Waals surface area contributed by atoms with Gasteiger partial charge in [-0.25, -0.2) is 0 Å². The fourth-order valence-electron chi connectivity index (χ4n) is 1.12. The largest absolute Gasteiger partial charge is 0.870 e. The van der Waals surface area contributed by atoms with Crippen LogP contribution in [-0.4, -0.2) is 43.2 Å². The molecule has 84 valence electrons. The summed E-state index contributed by atoms with van der Waals surface area (Å²) in [7, 11) is 4.20. The van der Waals surface area contributed by atoms with Crippen LogP contribution in [-0.2, 0) is 4.79 Å². The van der Waals surface area contributed by atoms with Crippen molar-refractivity contribution in [1.82, 2.24) is 5.32 Å². The van der Waals surface area contributed by atoms with E-state index < -0.39 is 0 Å². The Bertz CT molecular complexity index is 200. The van der Waals surface area contributed by atoms with Gasteiger partial charge in [0.15, 0.2) is 6.67 Å². The third kappa shape index (κ3) is 6.62. The van der Waals surface area contributed by atoms with Gasteiger partial charge in [-0.05, 0) is 13.3 Å². The van der Waals surface area contributed by atoms with Gasteiger partial charge in [-0.3, -0.25) is 4.79 Å². The van der Waals surface area contributed by atoms with Crippen LogP contribution in [0.25, 0.3) is 0 Å². The lowest BCUT2D eigenvalue weighted by Gasteiger charge is -2.29. The van der Waals surface area contributed by atoms with Gasteiger partial charge in [0.1, 0.15) is 0 Å². The molecule has 0 aliphatic rings. The molecule has 0 aliphatic carbocycles. The lowest BCUT2D eigenvalue weighted by Crippen LogP contribution is -2.48. The summed E-state index contributed by atoms with van der Waals surface area (Å²) < 4.78 is 0.815. The Morgan fingerprint density at radius 2 is 1.93 bits per heavy atom. The van der Waals surface area contributed by atoms with Crippen LogP contribution in [0.2, 0.25) is 0 Å². The molecule has 0 aliphatic heterocycles.